The average molecular weight is 194 g/mol. The normalized spacial score (nSPS) is 33.3. The highest BCUT2D eigenvalue weighted by Gasteiger charge is 2.35. The van der Waals surface area contributed by atoms with E-state index in [1.165, 1.54) is 0 Å². The Labute approximate surface area is 83.0 Å². The third kappa shape index (κ3) is 1.60. The molecule has 0 unspecified atom stereocenters. The molecule has 1 aromatic heterocycles. The van der Waals surface area contributed by atoms with Gasteiger partial charge >= 0.3 is 0 Å². The molecule has 2 rings (SSSR count). The van der Waals surface area contributed by atoms with E-state index in [1.807, 2.05) is 26.0 Å². The Morgan fingerprint density at radius 3 is 2.86 bits per heavy atom. The molecule has 14 heavy (non-hydrogen) atoms. The van der Waals surface area contributed by atoms with Crippen LogP contribution in [-0.4, -0.2) is 11.9 Å². The summed E-state index contributed by atoms with van der Waals surface area (Å²) in [4.78, 5) is 11.6. The second-order valence-electron chi connectivity index (χ2n) is 3.84. The average Bonchev–Trinajstić information content (AvgIpc) is 2.63. The number of ether oxygens (including phenoxy) is 1. The number of carbonyl (C=O) groups is 1. The van der Waals surface area contributed by atoms with Gasteiger partial charge in [-0.1, -0.05) is 6.92 Å². The smallest absolute Gasteiger partial charge is 0.141 e. The summed E-state index contributed by atoms with van der Waals surface area (Å²) in [5, 5.41) is 0. The molecule has 1 fully saturated rings. The van der Waals surface area contributed by atoms with Crippen molar-refractivity contribution in [3.63, 3.8) is 0 Å². The predicted molar refractivity (Wildman–Crippen MR) is 50.8 cm³/mol. The van der Waals surface area contributed by atoms with Gasteiger partial charge in [-0.3, -0.25) is 4.79 Å². The second-order valence-corrected chi connectivity index (χ2v) is 3.84. The van der Waals surface area contributed by atoms with Crippen LogP contribution in [0.3, 0.4) is 0 Å². The van der Waals surface area contributed by atoms with Gasteiger partial charge in [-0.15, -0.1) is 0 Å². The Kier molecular flexibility index (Phi) is 2.42. The van der Waals surface area contributed by atoms with Gasteiger partial charge in [0.25, 0.3) is 0 Å². The number of carbonyl (C=O) groups excluding carboxylic acids is 1. The minimum atomic E-state index is -0.207. The Bertz CT molecular complexity index is 315. The molecular formula is C11H14O3. The first-order valence-electron chi connectivity index (χ1n) is 4.90. The van der Waals surface area contributed by atoms with Crippen molar-refractivity contribution in [2.24, 2.45) is 5.92 Å². The highest BCUT2D eigenvalue weighted by molar-refractivity contribution is 5.82. The maximum atomic E-state index is 11.6. The van der Waals surface area contributed by atoms with E-state index in [0.29, 0.717) is 6.42 Å². The van der Waals surface area contributed by atoms with E-state index in [2.05, 4.69) is 0 Å². The van der Waals surface area contributed by atoms with Gasteiger partial charge in [0, 0.05) is 12.3 Å². The van der Waals surface area contributed by atoms with Gasteiger partial charge in [-0.2, -0.15) is 0 Å². The van der Waals surface area contributed by atoms with Gasteiger partial charge in [0.1, 0.15) is 17.6 Å². The van der Waals surface area contributed by atoms with Crippen LogP contribution in [0.2, 0.25) is 0 Å². The molecule has 1 aliphatic heterocycles. The van der Waals surface area contributed by atoms with Crippen molar-refractivity contribution in [2.75, 3.05) is 0 Å². The van der Waals surface area contributed by atoms with E-state index in [0.717, 1.165) is 5.76 Å². The molecule has 0 bridgehead atoms. The van der Waals surface area contributed by atoms with E-state index in [-0.39, 0.29) is 23.9 Å². The molecule has 0 saturated carbocycles. The molecule has 1 saturated heterocycles. The summed E-state index contributed by atoms with van der Waals surface area (Å²) in [6.07, 6.45) is 1.91. The molecule has 3 atom stereocenters. The molecule has 0 spiro atoms. The highest BCUT2D eigenvalue weighted by atomic mass is 16.5. The van der Waals surface area contributed by atoms with E-state index in [4.69, 9.17) is 9.15 Å². The number of Topliss-reactive ketones (excluding diaryl/α,β-unsaturated/α-hetero) is 1. The molecule has 0 aliphatic carbocycles. The third-order valence-corrected chi connectivity index (χ3v) is 2.65. The summed E-state index contributed by atoms with van der Waals surface area (Å²) < 4.78 is 11.0. The van der Waals surface area contributed by atoms with Crippen LogP contribution in [0.1, 0.15) is 32.1 Å². The Balaban J connectivity index is 2.21. The summed E-state index contributed by atoms with van der Waals surface area (Å²) in [6.45, 7) is 3.81. The first kappa shape index (κ1) is 9.46. The fourth-order valence-electron chi connectivity index (χ4n) is 1.82. The largest absolute Gasteiger partial charge is 0.467 e. The van der Waals surface area contributed by atoms with Crippen molar-refractivity contribution >= 4 is 5.78 Å². The minimum Gasteiger partial charge on any atom is -0.467 e. The zero-order valence-electron chi connectivity index (χ0n) is 8.40. The fourth-order valence-corrected chi connectivity index (χ4v) is 1.82. The lowest BCUT2D eigenvalue weighted by molar-refractivity contribution is -0.145. The first-order chi connectivity index (χ1) is 6.68. The molecule has 76 valence electrons. The molecule has 3 heteroatoms. The summed E-state index contributed by atoms with van der Waals surface area (Å²) in [6, 6.07) is 3.67. The van der Waals surface area contributed by atoms with E-state index >= 15 is 0 Å². The van der Waals surface area contributed by atoms with E-state index in [9.17, 15) is 4.79 Å². The maximum absolute atomic E-state index is 11.6. The first-order valence-corrected chi connectivity index (χ1v) is 4.90. The fraction of sp³-hybridized carbons (Fsp3) is 0.545. The number of hydrogen-bond donors (Lipinski definition) is 0. The van der Waals surface area contributed by atoms with Crippen LogP contribution in [0.25, 0.3) is 0 Å². The molecule has 3 nitrogen and oxygen atoms in total. The molecule has 2 heterocycles. The van der Waals surface area contributed by atoms with Crippen LogP contribution in [0.4, 0.5) is 0 Å². The van der Waals surface area contributed by atoms with E-state index < -0.39 is 0 Å². The molecule has 1 aliphatic rings. The third-order valence-electron chi connectivity index (χ3n) is 2.65. The summed E-state index contributed by atoms with van der Waals surface area (Å²) >= 11 is 0. The van der Waals surface area contributed by atoms with Crippen LogP contribution in [-0.2, 0) is 9.53 Å². The number of rotatable bonds is 1. The van der Waals surface area contributed by atoms with Crippen molar-refractivity contribution in [1.29, 1.82) is 0 Å². The summed E-state index contributed by atoms with van der Waals surface area (Å²) in [7, 11) is 0. The monoisotopic (exact) mass is 194 g/mol. The zero-order valence-corrected chi connectivity index (χ0v) is 8.40. The quantitative estimate of drug-likeness (QED) is 0.688. The van der Waals surface area contributed by atoms with Crippen LogP contribution < -0.4 is 0 Å². The molecule has 1 aromatic rings. The molecular weight excluding hydrogens is 180 g/mol. The maximum Gasteiger partial charge on any atom is 0.141 e. The van der Waals surface area contributed by atoms with Crippen molar-refractivity contribution < 1.29 is 13.9 Å². The van der Waals surface area contributed by atoms with Crippen molar-refractivity contribution in [1.82, 2.24) is 0 Å². The Hall–Kier alpha value is -1.09. The topological polar surface area (TPSA) is 39.4 Å². The minimum absolute atomic E-state index is 0.00574. The van der Waals surface area contributed by atoms with Gasteiger partial charge in [0.05, 0.1) is 12.4 Å². The van der Waals surface area contributed by atoms with Crippen LogP contribution in [0, 0.1) is 5.92 Å². The van der Waals surface area contributed by atoms with Gasteiger partial charge in [-0.25, -0.2) is 0 Å². The highest BCUT2D eigenvalue weighted by Crippen LogP contribution is 2.33. The number of hydrogen-bond acceptors (Lipinski definition) is 3. The van der Waals surface area contributed by atoms with Crippen molar-refractivity contribution in [3.8, 4) is 0 Å². The standard InChI is InChI=1S/C11H14O3/c1-7-6-9(12)8(2)11(14-7)10-4-3-5-13-10/h3-5,7-8,11H,6H2,1-2H3/t7-,8+,11-/m1/s1. The van der Waals surface area contributed by atoms with E-state index in [1.54, 1.807) is 6.26 Å². The molecule has 0 amide bonds. The molecule has 0 N–H and O–H groups in total. The van der Waals surface area contributed by atoms with Crippen LogP contribution >= 0.6 is 0 Å². The van der Waals surface area contributed by atoms with Gasteiger partial charge in [-0.05, 0) is 19.1 Å². The lowest BCUT2D eigenvalue weighted by Crippen LogP contribution is -2.33. The number of ketones is 1. The van der Waals surface area contributed by atoms with Gasteiger partial charge in [0.15, 0.2) is 0 Å². The predicted octanol–water partition coefficient (Wildman–Crippen LogP) is 2.33. The summed E-state index contributed by atoms with van der Waals surface area (Å²) in [5.74, 6) is 0.903. The SMILES string of the molecule is C[C@@H]1CC(=O)[C@H](C)[C@H](c2ccco2)O1. The zero-order chi connectivity index (χ0) is 10.1. The Morgan fingerprint density at radius 2 is 2.21 bits per heavy atom. The Morgan fingerprint density at radius 1 is 1.43 bits per heavy atom. The van der Waals surface area contributed by atoms with Gasteiger partial charge in [0.2, 0.25) is 0 Å². The lowest BCUT2D eigenvalue weighted by atomic mass is 9.91. The van der Waals surface area contributed by atoms with Crippen LogP contribution in [0.5, 0.6) is 0 Å². The molecule has 0 radical (unpaired) electrons. The number of furan rings is 1. The van der Waals surface area contributed by atoms with Crippen molar-refractivity contribution in [3.05, 3.63) is 24.2 Å². The summed E-state index contributed by atoms with van der Waals surface area (Å²) in [5.41, 5.74) is 0. The molecule has 0 aromatic carbocycles. The lowest BCUT2D eigenvalue weighted by Gasteiger charge is -2.30. The second kappa shape index (κ2) is 3.58. The van der Waals surface area contributed by atoms with Gasteiger partial charge < -0.3 is 9.15 Å². The van der Waals surface area contributed by atoms with Crippen molar-refractivity contribution in [2.45, 2.75) is 32.5 Å². The van der Waals surface area contributed by atoms with Crippen LogP contribution in [0.15, 0.2) is 22.8 Å².